The third-order valence-electron chi connectivity index (χ3n) is 3.17. The molecule has 0 heterocycles. The predicted octanol–water partition coefficient (Wildman–Crippen LogP) is 1.35. The van der Waals surface area contributed by atoms with Crippen molar-refractivity contribution in [3.63, 3.8) is 0 Å². The molecule has 1 aliphatic rings. The molecular weight excluding hydrogens is 194 g/mol. The fraction of sp³-hybridized carbons (Fsp3) is 0.909. The lowest BCUT2D eigenvalue weighted by molar-refractivity contribution is -0.137. The number of carboxylic acid groups (broad SMARTS) is 1. The van der Waals surface area contributed by atoms with Gasteiger partial charge in [0.05, 0.1) is 12.5 Å². The van der Waals surface area contributed by atoms with Gasteiger partial charge in [0.2, 0.25) is 0 Å². The van der Waals surface area contributed by atoms with Crippen molar-refractivity contribution in [3.8, 4) is 0 Å². The Morgan fingerprint density at radius 1 is 1.53 bits per heavy atom. The SMILES string of the molecule is COC(C)C(C)N(CCC(=O)O)C1CC1. The van der Waals surface area contributed by atoms with Crippen LogP contribution in [0, 0.1) is 0 Å². The monoisotopic (exact) mass is 215 g/mol. The highest BCUT2D eigenvalue weighted by Crippen LogP contribution is 2.29. The van der Waals surface area contributed by atoms with Crippen LogP contribution in [0.25, 0.3) is 0 Å². The number of hydrogen-bond acceptors (Lipinski definition) is 3. The van der Waals surface area contributed by atoms with Crippen molar-refractivity contribution < 1.29 is 14.6 Å². The fourth-order valence-electron chi connectivity index (χ4n) is 1.82. The van der Waals surface area contributed by atoms with Gasteiger partial charge < -0.3 is 9.84 Å². The minimum absolute atomic E-state index is 0.152. The van der Waals surface area contributed by atoms with Crippen molar-refractivity contribution in [2.45, 2.75) is 51.3 Å². The van der Waals surface area contributed by atoms with Crippen LogP contribution in [0.4, 0.5) is 0 Å². The van der Waals surface area contributed by atoms with Crippen LogP contribution in [-0.4, -0.2) is 47.8 Å². The average molecular weight is 215 g/mol. The first kappa shape index (κ1) is 12.5. The first-order chi connectivity index (χ1) is 7.06. The second-order valence-electron chi connectivity index (χ2n) is 4.29. The maximum atomic E-state index is 10.6. The van der Waals surface area contributed by atoms with Crippen LogP contribution >= 0.6 is 0 Å². The number of rotatable bonds is 7. The Labute approximate surface area is 91.2 Å². The first-order valence-electron chi connectivity index (χ1n) is 5.56. The molecule has 4 heteroatoms. The minimum Gasteiger partial charge on any atom is -0.481 e. The Morgan fingerprint density at radius 3 is 2.53 bits per heavy atom. The molecule has 2 unspecified atom stereocenters. The van der Waals surface area contributed by atoms with Gasteiger partial charge in [-0.05, 0) is 26.7 Å². The molecule has 0 bridgehead atoms. The Bertz CT molecular complexity index is 216. The first-order valence-corrected chi connectivity index (χ1v) is 5.56. The lowest BCUT2D eigenvalue weighted by Gasteiger charge is -2.32. The number of carboxylic acids is 1. The van der Waals surface area contributed by atoms with Crippen LogP contribution in [0.1, 0.15) is 33.1 Å². The Balaban J connectivity index is 2.45. The van der Waals surface area contributed by atoms with E-state index in [-0.39, 0.29) is 12.5 Å². The minimum atomic E-state index is -0.724. The number of methoxy groups -OCH3 is 1. The van der Waals surface area contributed by atoms with Gasteiger partial charge >= 0.3 is 5.97 Å². The number of aliphatic carboxylic acids is 1. The molecule has 0 aliphatic heterocycles. The lowest BCUT2D eigenvalue weighted by atomic mass is 10.1. The van der Waals surface area contributed by atoms with Crippen molar-refractivity contribution in [1.82, 2.24) is 4.90 Å². The van der Waals surface area contributed by atoms with Crippen LogP contribution in [-0.2, 0) is 9.53 Å². The van der Waals surface area contributed by atoms with E-state index in [9.17, 15) is 4.79 Å². The van der Waals surface area contributed by atoms with Gasteiger partial charge in [-0.2, -0.15) is 0 Å². The van der Waals surface area contributed by atoms with Gasteiger partial charge in [0.15, 0.2) is 0 Å². The topological polar surface area (TPSA) is 49.8 Å². The number of nitrogens with zero attached hydrogens (tertiary/aromatic N) is 1. The normalized spacial score (nSPS) is 20.3. The number of hydrogen-bond donors (Lipinski definition) is 1. The summed E-state index contributed by atoms with van der Waals surface area (Å²) < 4.78 is 5.29. The summed E-state index contributed by atoms with van der Waals surface area (Å²) in [5.74, 6) is -0.724. The van der Waals surface area contributed by atoms with Gasteiger partial charge in [-0.25, -0.2) is 0 Å². The van der Waals surface area contributed by atoms with Crippen molar-refractivity contribution in [3.05, 3.63) is 0 Å². The number of ether oxygens (including phenoxy) is 1. The quantitative estimate of drug-likeness (QED) is 0.696. The predicted molar refractivity (Wildman–Crippen MR) is 57.9 cm³/mol. The van der Waals surface area contributed by atoms with Crippen molar-refractivity contribution in [2.75, 3.05) is 13.7 Å². The molecule has 1 rings (SSSR count). The smallest absolute Gasteiger partial charge is 0.304 e. The van der Waals surface area contributed by atoms with Gasteiger partial charge in [0, 0.05) is 25.7 Å². The average Bonchev–Trinajstić information content (AvgIpc) is 3.00. The summed E-state index contributed by atoms with van der Waals surface area (Å²) in [4.78, 5) is 12.8. The molecule has 0 radical (unpaired) electrons. The fourth-order valence-corrected chi connectivity index (χ4v) is 1.82. The van der Waals surface area contributed by atoms with Crippen molar-refractivity contribution in [1.29, 1.82) is 0 Å². The molecule has 4 nitrogen and oxygen atoms in total. The standard InChI is InChI=1S/C11H21NO3/c1-8(9(2)15-3)12(10-4-5-10)7-6-11(13)14/h8-10H,4-7H2,1-3H3,(H,13,14). The zero-order valence-corrected chi connectivity index (χ0v) is 9.77. The Morgan fingerprint density at radius 2 is 2.13 bits per heavy atom. The van der Waals surface area contributed by atoms with E-state index in [1.165, 1.54) is 12.8 Å². The number of carbonyl (C=O) groups is 1. The van der Waals surface area contributed by atoms with Gasteiger partial charge in [0.25, 0.3) is 0 Å². The molecule has 0 amide bonds. The molecular formula is C11H21NO3. The molecule has 0 aromatic carbocycles. The van der Waals surface area contributed by atoms with Crippen LogP contribution in [0.5, 0.6) is 0 Å². The summed E-state index contributed by atoms with van der Waals surface area (Å²) in [6, 6.07) is 0.874. The molecule has 1 aliphatic carbocycles. The van der Waals surface area contributed by atoms with Crippen LogP contribution < -0.4 is 0 Å². The van der Waals surface area contributed by atoms with Gasteiger partial charge in [0.1, 0.15) is 0 Å². The van der Waals surface area contributed by atoms with Gasteiger partial charge in [-0.3, -0.25) is 9.69 Å². The van der Waals surface area contributed by atoms with Crippen LogP contribution in [0.15, 0.2) is 0 Å². The summed E-state index contributed by atoms with van der Waals surface area (Å²) in [7, 11) is 1.70. The second-order valence-corrected chi connectivity index (χ2v) is 4.29. The van der Waals surface area contributed by atoms with E-state index in [1.54, 1.807) is 7.11 Å². The summed E-state index contributed by atoms with van der Waals surface area (Å²) in [6.45, 7) is 4.77. The lowest BCUT2D eigenvalue weighted by Crippen LogP contribution is -2.43. The molecule has 1 fully saturated rings. The van der Waals surface area contributed by atoms with E-state index in [4.69, 9.17) is 9.84 Å². The maximum absolute atomic E-state index is 10.6. The summed E-state index contributed by atoms with van der Waals surface area (Å²) in [6.07, 6.45) is 2.76. The molecule has 1 saturated carbocycles. The van der Waals surface area contributed by atoms with E-state index < -0.39 is 5.97 Å². The van der Waals surface area contributed by atoms with E-state index in [0.717, 1.165) is 0 Å². The van der Waals surface area contributed by atoms with Crippen LogP contribution in [0.3, 0.4) is 0 Å². The molecule has 15 heavy (non-hydrogen) atoms. The van der Waals surface area contributed by atoms with Crippen LogP contribution in [0.2, 0.25) is 0 Å². The van der Waals surface area contributed by atoms with E-state index in [1.807, 2.05) is 6.92 Å². The van der Waals surface area contributed by atoms with E-state index >= 15 is 0 Å². The highest BCUT2D eigenvalue weighted by Gasteiger charge is 2.34. The molecule has 0 aromatic heterocycles. The molecule has 88 valence electrons. The summed E-state index contributed by atoms with van der Waals surface area (Å²) in [5.41, 5.74) is 0. The third-order valence-corrected chi connectivity index (χ3v) is 3.17. The van der Waals surface area contributed by atoms with Crippen molar-refractivity contribution >= 4 is 5.97 Å². The summed E-state index contributed by atoms with van der Waals surface area (Å²) in [5, 5.41) is 8.68. The molecule has 0 saturated heterocycles. The zero-order valence-electron chi connectivity index (χ0n) is 9.77. The molecule has 2 atom stereocenters. The zero-order chi connectivity index (χ0) is 11.4. The highest BCUT2D eigenvalue weighted by molar-refractivity contribution is 5.66. The maximum Gasteiger partial charge on any atom is 0.304 e. The largest absolute Gasteiger partial charge is 0.481 e. The molecule has 1 N–H and O–H groups in total. The van der Waals surface area contributed by atoms with Gasteiger partial charge in [-0.15, -0.1) is 0 Å². The Hall–Kier alpha value is -0.610. The van der Waals surface area contributed by atoms with E-state index in [0.29, 0.717) is 18.6 Å². The van der Waals surface area contributed by atoms with Crippen molar-refractivity contribution in [2.24, 2.45) is 0 Å². The third kappa shape index (κ3) is 3.80. The van der Waals surface area contributed by atoms with Gasteiger partial charge in [-0.1, -0.05) is 0 Å². The second kappa shape index (κ2) is 5.47. The molecule has 0 spiro atoms. The Kier molecular flexibility index (Phi) is 4.54. The highest BCUT2D eigenvalue weighted by atomic mass is 16.5. The summed E-state index contributed by atoms with van der Waals surface area (Å²) >= 11 is 0. The van der Waals surface area contributed by atoms with E-state index in [2.05, 4.69) is 11.8 Å². The molecule has 0 aromatic rings.